The van der Waals surface area contributed by atoms with Crippen molar-refractivity contribution in [3.05, 3.63) is 66.2 Å². The first kappa shape index (κ1) is 15.9. The normalized spacial score (nSPS) is 21.8. The third-order valence-corrected chi connectivity index (χ3v) is 7.20. The molecule has 4 nitrogen and oxygen atoms in total. The number of para-hydroxylation sites is 1. The van der Waals surface area contributed by atoms with Crippen LogP contribution in [0.25, 0.3) is 10.8 Å². The van der Waals surface area contributed by atoms with E-state index in [9.17, 15) is 8.42 Å². The molecule has 1 fully saturated rings. The third-order valence-electron chi connectivity index (χ3n) is 5.43. The fourth-order valence-electron chi connectivity index (χ4n) is 4.09. The maximum atomic E-state index is 13.3. The molecule has 0 aliphatic carbocycles. The van der Waals surface area contributed by atoms with Gasteiger partial charge in [0.25, 0.3) is 0 Å². The Bertz CT molecular complexity index is 1110. The van der Waals surface area contributed by atoms with E-state index in [-0.39, 0.29) is 16.9 Å². The average Bonchev–Trinajstić information content (AvgIpc) is 3.06. The molecule has 2 aliphatic heterocycles. The summed E-state index contributed by atoms with van der Waals surface area (Å²) in [7, 11) is -3.64. The average molecular weight is 365 g/mol. The summed E-state index contributed by atoms with van der Waals surface area (Å²) in [6.07, 6.45) is 0.989. The number of benzene rings is 3. The highest BCUT2D eigenvalue weighted by molar-refractivity contribution is 7.91. The minimum Gasteiger partial charge on any atom is -0.487 e. The van der Waals surface area contributed by atoms with Gasteiger partial charge in [-0.2, -0.15) is 0 Å². The molecule has 1 saturated heterocycles. The Hall–Kier alpha value is -2.37. The summed E-state index contributed by atoms with van der Waals surface area (Å²) in [6.45, 7) is 1.69. The predicted molar refractivity (Wildman–Crippen MR) is 100 cm³/mol. The number of ether oxygens (including phenoxy) is 1. The lowest BCUT2D eigenvalue weighted by atomic mass is 9.90. The van der Waals surface area contributed by atoms with Gasteiger partial charge in [0, 0.05) is 18.0 Å². The van der Waals surface area contributed by atoms with Crippen molar-refractivity contribution in [1.29, 1.82) is 0 Å². The minimum absolute atomic E-state index is 0.0201. The zero-order chi connectivity index (χ0) is 17.7. The second kappa shape index (κ2) is 5.83. The van der Waals surface area contributed by atoms with Crippen LogP contribution in [-0.2, 0) is 9.84 Å². The van der Waals surface area contributed by atoms with Crippen molar-refractivity contribution in [2.24, 2.45) is 0 Å². The van der Waals surface area contributed by atoms with Gasteiger partial charge in [-0.3, -0.25) is 0 Å². The van der Waals surface area contributed by atoms with Gasteiger partial charge in [-0.05, 0) is 41.9 Å². The Kier molecular flexibility index (Phi) is 3.55. The number of piperidine rings is 1. The van der Waals surface area contributed by atoms with Gasteiger partial charge in [-0.15, -0.1) is 0 Å². The summed E-state index contributed by atoms with van der Waals surface area (Å²) in [5.41, 5.74) is 1.03. The zero-order valence-electron chi connectivity index (χ0n) is 14.2. The van der Waals surface area contributed by atoms with Crippen LogP contribution in [0.3, 0.4) is 0 Å². The fraction of sp³-hybridized carbons (Fsp3) is 0.238. The summed E-state index contributed by atoms with van der Waals surface area (Å²) in [4.78, 5) is 0.584. The van der Waals surface area contributed by atoms with Crippen LogP contribution in [0.4, 0.5) is 0 Å². The molecule has 5 heteroatoms. The van der Waals surface area contributed by atoms with Gasteiger partial charge < -0.3 is 10.1 Å². The van der Waals surface area contributed by atoms with Gasteiger partial charge in [0.2, 0.25) is 9.84 Å². The molecule has 2 aliphatic rings. The largest absolute Gasteiger partial charge is 0.487 e. The molecule has 0 amide bonds. The summed E-state index contributed by atoms with van der Waals surface area (Å²) in [5.74, 6) is 0.817. The Balaban J connectivity index is 1.64. The maximum Gasteiger partial charge on any atom is 0.210 e. The van der Waals surface area contributed by atoms with Crippen LogP contribution in [0.1, 0.15) is 17.9 Å². The van der Waals surface area contributed by atoms with Crippen molar-refractivity contribution in [1.82, 2.24) is 5.32 Å². The van der Waals surface area contributed by atoms with E-state index in [4.69, 9.17) is 4.74 Å². The Morgan fingerprint density at radius 3 is 2.69 bits per heavy atom. The zero-order valence-corrected chi connectivity index (χ0v) is 15.0. The molecule has 2 atom stereocenters. The van der Waals surface area contributed by atoms with Gasteiger partial charge in [-0.1, -0.05) is 42.5 Å². The van der Waals surface area contributed by atoms with Gasteiger partial charge in [0.1, 0.15) is 16.7 Å². The van der Waals surface area contributed by atoms with Gasteiger partial charge in [0.15, 0.2) is 0 Å². The minimum atomic E-state index is -3.64. The Labute approximate surface area is 152 Å². The van der Waals surface area contributed by atoms with Crippen LogP contribution in [-0.4, -0.2) is 27.6 Å². The van der Waals surface area contributed by atoms with E-state index < -0.39 is 9.84 Å². The molecule has 132 valence electrons. The molecule has 3 aromatic rings. The maximum absolute atomic E-state index is 13.3. The number of sulfone groups is 1. The first-order chi connectivity index (χ1) is 12.6. The molecule has 3 aromatic carbocycles. The van der Waals surface area contributed by atoms with E-state index in [0.29, 0.717) is 10.6 Å². The molecular weight excluding hydrogens is 346 g/mol. The topological polar surface area (TPSA) is 55.4 Å². The monoisotopic (exact) mass is 365 g/mol. The quantitative estimate of drug-likeness (QED) is 0.755. The van der Waals surface area contributed by atoms with Crippen LogP contribution in [0, 0.1) is 0 Å². The van der Waals surface area contributed by atoms with E-state index in [1.165, 1.54) is 0 Å². The number of fused-ring (bicyclic) bond motifs is 4. The van der Waals surface area contributed by atoms with Crippen molar-refractivity contribution >= 4 is 20.6 Å². The molecule has 2 heterocycles. The van der Waals surface area contributed by atoms with E-state index in [1.807, 2.05) is 42.5 Å². The summed E-state index contributed by atoms with van der Waals surface area (Å²) in [6, 6.07) is 18.6. The second-order valence-electron chi connectivity index (χ2n) is 6.94. The SMILES string of the molecule is O=S(=O)(c1ccc2ccccc2c1)c1cccc2c1OC1CNCCC21. The number of rotatable bonds is 2. The highest BCUT2D eigenvalue weighted by Crippen LogP contribution is 2.45. The Morgan fingerprint density at radius 1 is 0.962 bits per heavy atom. The highest BCUT2D eigenvalue weighted by atomic mass is 32.2. The number of hydrogen-bond acceptors (Lipinski definition) is 4. The number of nitrogens with one attached hydrogen (secondary N) is 1. The molecule has 0 aromatic heterocycles. The van der Waals surface area contributed by atoms with Crippen LogP contribution in [0.5, 0.6) is 5.75 Å². The van der Waals surface area contributed by atoms with E-state index in [0.717, 1.165) is 35.8 Å². The summed E-state index contributed by atoms with van der Waals surface area (Å²) >= 11 is 0. The van der Waals surface area contributed by atoms with Crippen LogP contribution < -0.4 is 10.1 Å². The summed E-state index contributed by atoms with van der Waals surface area (Å²) in [5, 5.41) is 5.27. The fourth-order valence-corrected chi connectivity index (χ4v) is 5.54. The van der Waals surface area contributed by atoms with Gasteiger partial charge in [-0.25, -0.2) is 8.42 Å². The Morgan fingerprint density at radius 2 is 1.81 bits per heavy atom. The van der Waals surface area contributed by atoms with Crippen molar-refractivity contribution < 1.29 is 13.2 Å². The van der Waals surface area contributed by atoms with E-state index in [1.54, 1.807) is 18.2 Å². The van der Waals surface area contributed by atoms with Crippen molar-refractivity contribution in [3.63, 3.8) is 0 Å². The van der Waals surface area contributed by atoms with Crippen LogP contribution in [0.2, 0.25) is 0 Å². The molecular formula is C21H19NO3S. The van der Waals surface area contributed by atoms with E-state index in [2.05, 4.69) is 5.32 Å². The smallest absolute Gasteiger partial charge is 0.210 e. The van der Waals surface area contributed by atoms with Crippen molar-refractivity contribution in [3.8, 4) is 5.75 Å². The molecule has 0 radical (unpaired) electrons. The molecule has 1 N–H and O–H groups in total. The highest BCUT2D eigenvalue weighted by Gasteiger charge is 2.39. The van der Waals surface area contributed by atoms with E-state index >= 15 is 0 Å². The van der Waals surface area contributed by atoms with Crippen molar-refractivity contribution in [2.75, 3.05) is 13.1 Å². The molecule has 5 rings (SSSR count). The molecule has 2 unspecified atom stereocenters. The number of hydrogen-bond donors (Lipinski definition) is 1. The second-order valence-corrected chi connectivity index (χ2v) is 8.86. The first-order valence-electron chi connectivity index (χ1n) is 8.89. The molecule has 0 spiro atoms. The van der Waals surface area contributed by atoms with Crippen LogP contribution in [0.15, 0.2) is 70.5 Å². The lowest BCUT2D eigenvalue weighted by Gasteiger charge is -2.24. The van der Waals surface area contributed by atoms with Gasteiger partial charge in [0.05, 0.1) is 4.90 Å². The molecule has 0 bridgehead atoms. The summed E-state index contributed by atoms with van der Waals surface area (Å²) < 4.78 is 32.8. The lowest BCUT2D eigenvalue weighted by Crippen LogP contribution is -2.39. The standard InChI is InChI=1S/C21H19NO3S/c23-26(24,16-9-8-14-4-1-2-5-15(14)12-16)20-7-3-6-18-17-10-11-22-13-19(17)25-21(18)20/h1-9,12,17,19,22H,10-11,13H2. The molecule has 0 saturated carbocycles. The predicted octanol–water partition coefficient (Wildman–Crippen LogP) is 3.51. The van der Waals surface area contributed by atoms with Crippen molar-refractivity contribution in [2.45, 2.75) is 28.2 Å². The van der Waals surface area contributed by atoms with Crippen LogP contribution >= 0.6 is 0 Å². The molecule has 26 heavy (non-hydrogen) atoms. The lowest BCUT2D eigenvalue weighted by molar-refractivity contribution is 0.173. The first-order valence-corrected chi connectivity index (χ1v) is 10.4. The van der Waals surface area contributed by atoms with Gasteiger partial charge >= 0.3 is 0 Å². The third kappa shape index (κ3) is 2.35.